The molecule has 0 unspecified atom stereocenters. The molecule has 0 amide bonds. The van der Waals surface area contributed by atoms with Crippen molar-refractivity contribution in [3.05, 3.63) is 23.3 Å². The Morgan fingerprint density at radius 3 is 3.07 bits per heavy atom. The molecule has 82 valence electrons. The minimum Gasteiger partial charge on any atom is -0.496 e. The third-order valence-corrected chi connectivity index (χ3v) is 2.47. The van der Waals surface area contributed by atoms with E-state index in [1.165, 1.54) is 0 Å². The standard InChI is InChI=1S/C11H14O4/c1-13-10-2-3-11-9(6-14-7-15-11)8(10)4-5-12/h2-3,12H,4-7H2,1H3. The van der Waals surface area contributed by atoms with E-state index in [9.17, 15) is 0 Å². The topological polar surface area (TPSA) is 47.9 Å². The third-order valence-electron chi connectivity index (χ3n) is 2.47. The summed E-state index contributed by atoms with van der Waals surface area (Å²) in [6, 6.07) is 3.73. The van der Waals surface area contributed by atoms with E-state index in [1.54, 1.807) is 7.11 Å². The number of hydrogen-bond donors (Lipinski definition) is 1. The molecular weight excluding hydrogens is 196 g/mol. The predicted molar refractivity (Wildman–Crippen MR) is 54.1 cm³/mol. The molecule has 1 aliphatic heterocycles. The van der Waals surface area contributed by atoms with Crippen molar-refractivity contribution in [3.8, 4) is 11.5 Å². The highest BCUT2D eigenvalue weighted by Crippen LogP contribution is 2.33. The molecule has 0 bridgehead atoms. The molecule has 1 heterocycles. The monoisotopic (exact) mass is 210 g/mol. The van der Waals surface area contributed by atoms with Gasteiger partial charge in [-0.05, 0) is 18.6 Å². The molecule has 0 saturated heterocycles. The molecular formula is C11H14O4. The van der Waals surface area contributed by atoms with Gasteiger partial charge < -0.3 is 19.3 Å². The largest absolute Gasteiger partial charge is 0.496 e. The van der Waals surface area contributed by atoms with Crippen molar-refractivity contribution in [2.24, 2.45) is 0 Å². The van der Waals surface area contributed by atoms with E-state index in [2.05, 4.69) is 0 Å². The molecule has 0 spiro atoms. The molecule has 4 nitrogen and oxygen atoms in total. The maximum absolute atomic E-state index is 9.00. The van der Waals surface area contributed by atoms with Crippen LogP contribution in [0, 0.1) is 0 Å². The van der Waals surface area contributed by atoms with Gasteiger partial charge >= 0.3 is 0 Å². The second kappa shape index (κ2) is 4.51. The van der Waals surface area contributed by atoms with Gasteiger partial charge in [-0.1, -0.05) is 0 Å². The number of fused-ring (bicyclic) bond motifs is 1. The quantitative estimate of drug-likeness (QED) is 0.811. The summed E-state index contributed by atoms with van der Waals surface area (Å²) in [5, 5.41) is 9.00. The summed E-state index contributed by atoms with van der Waals surface area (Å²) in [4.78, 5) is 0. The average Bonchev–Trinajstić information content (AvgIpc) is 2.30. The molecule has 1 aromatic carbocycles. The second-order valence-electron chi connectivity index (χ2n) is 3.31. The van der Waals surface area contributed by atoms with E-state index in [1.807, 2.05) is 12.1 Å². The van der Waals surface area contributed by atoms with Gasteiger partial charge in [0.05, 0.1) is 13.7 Å². The molecule has 1 aromatic rings. The van der Waals surface area contributed by atoms with Crippen LogP contribution in [0.1, 0.15) is 11.1 Å². The highest BCUT2D eigenvalue weighted by atomic mass is 16.7. The summed E-state index contributed by atoms with van der Waals surface area (Å²) in [5.41, 5.74) is 1.95. The van der Waals surface area contributed by atoms with Gasteiger partial charge in [0.2, 0.25) is 0 Å². The van der Waals surface area contributed by atoms with Gasteiger partial charge in [-0.2, -0.15) is 0 Å². The molecule has 15 heavy (non-hydrogen) atoms. The van der Waals surface area contributed by atoms with Gasteiger partial charge in [0.15, 0.2) is 6.79 Å². The van der Waals surface area contributed by atoms with Crippen LogP contribution in [0.3, 0.4) is 0 Å². The fraction of sp³-hybridized carbons (Fsp3) is 0.455. The first-order valence-corrected chi connectivity index (χ1v) is 4.87. The summed E-state index contributed by atoms with van der Waals surface area (Å²) in [6.07, 6.45) is 0.555. The molecule has 2 rings (SSSR count). The molecule has 1 aliphatic rings. The lowest BCUT2D eigenvalue weighted by atomic mass is 10.0. The smallest absolute Gasteiger partial charge is 0.189 e. The van der Waals surface area contributed by atoms with Crippen LogP contribution in [0.4, 0.5) is 0 Å². The minimum atomic E-state index is 0.0901. The van der Waals surface area contributed by atoms with Gasteiger partial charge in [0, 0.05) is 17.7 Å². The van der Waals surface area contributed by atoms with Crippen molar-refractivity contribution in [1.29, 1.82) is 0 Å². The van der Waals surface area contributed by atoms with E-state index in [0.717, 1.165) is 22.6 Å². The maximum atomic E-state index is 9.00. The highest BCUT2D eigenvalue weighted by Gasteiger charge is 2.17. The average molecular weight is 210 g/mol. The lowest BCUT2D eigenvalue weighted by Crippen LogP contribution is -2.14. The number of rotatable bonds is 3. The van der Waals surface area contributed by atoms with E-state index in [4.69, 9.17) is 19.3 Å². The molecule has 0 aliphatic carbocycles. The molecule has 0 fully saturated rings. The van der Waals surface area contributed by atoms with Gasteiger partial charge in [0.25, 0.3) is 0 Å². The SMILES string of the molecule is COc1ccc2c(c1CCO)COCO2. The van der Waals surface area contributed by atoms with Crippen molar-refractivity contribution >= 4 is 0 Å². The Bertz CT molecular complexity index is 349. The number of hydrogen-bond acceptors (Lipinski definition) is 4. The number of methoxy groups -OCH3 is 1. The zero-order valence-electron chi connectivity index (χ0n) is 8.66. The van der Waals surface area contributed by atoms with Crippen LogP contribution in [0.5, 0.6) is 11.5 Å². The van der Waals surface area contributed by atoms with Gasteiger partial charge in [-0.15, -0.1) is 0 Å². The number of benzene rings is 1. The predicted octanol–water partition coefficient (Wildman–Crippen LogP) is 1.10. The summed E-state index contributed by atoms with van der Waals surface area (Å²) in [7, 11) is 1.62. The van der Waals surface area contributed by atoms with Gasteiger partial charge in [0.1, 0.15) is 11.5 Å². The summed E-state index contributed by atoms with van der Waals surface area (Å²) >= 11 is 0. The van der Waals surface area contributed by atoms with Crippen molar-refractivity contribution < 1.29 is 19.3 Å². The number of aliphatic hydroxyl groups excluding tert-OH is 1. The number of aliphatic hydroxyl groups is 1. The lowest BCUT2D eigenvalue weighted by Gasteiger charge is -2.21. The van der Waals surface area contributed by atoms with Crippen molar-refractivity contribution in [2.75, 3.05) is 20.5 Å². The first-order chi connectivity index (χ1) is 7.36. The summed E-state index contributed by atoms with van der Waals surface area (Å²) < 4.78 is 15.8. The van der Waals surface area contributed by atoms with Gasteiger partial charge in [-0.3, -0.25) is 0 Å². The van der Waals surface area contributed by atoms with E-state index in [0.29, 0.717) is 13.0 Å². The zero-order chi connectivity index (χ0) is 10.7. The van der Waals surface area contributed by atoms with Crippen LogP contribution in [-0.2, 0) is 17.8 Å². The Morgan fingerprint density at radius 2 is 2.33 bits per heavy atom. The number of ether oxygens (including phenoxy) is 3. The maximum Gasteiger partial charge on any atom is 0.189 e. The van der Waals surface area contributed by atoms with Crippen LogP contribution in [-0.4, -0.2) is 25.6 Å². The van der Waals surface area contributed by atoms with Crippen LogP contribution in [0.2, 0.25) is 0 Å². The van der Waals surface area contributed by atoms with Crippen LogP contribution >= 0.6 is 0 Å². The second-order valence-corrected chi connectivity index (χ2v) is 3.31. The normalized spacial score (nSPS) is 14.3. The Labute approximate surface area is 88.4 Å². The fourth-order valence-electron chi connectivity index (χ4n) is 1.77. The summed E-state index contributed by atoms with van der Waals surface area (Å²) in [6.45, 7) is 0.895. The zero-order valence-corrected chi connectivity index (χ0v) is 8.66. The molecule has 0 atom stereocenters. The highest BCUT2D eigenvalue weighted by molar-refractivity contribution is 5.49. The first-order valence-electron chi connectivity index (χ1n) is 4.87. The van der Waals surface area contributed by atoms with Crippen molar-refractivity contribution in [2.45, 2.75) is 13.0 Å². The van der Waals surface area contributed by atoms with Crippen molar-refractivity contribution in [3.63, 3.8) is 0 Å². The van der Waals surface area contributed by atoms with E-state index in [-0.39, 0.29) is 13.4 Å². The van der Waals surface area contributed by atoms with Gasteiger partial charge in [-0.25, -0.2) is 0 Å². The Hall–Kier alpha value is -1.26. The van der Waals surface area contributed by atoms with E-state index >= 15 is 0 Å². The van der Waals surface area contributed by atoms with Crippen LogP contribution in [0.15, 0.2) is 12.1 Å². The molecule has 0 radical (unpaired) electrons. The van der Waals surface area contributed by atoms with Crippen LogP contribution < -0.4 is 9.47 Å². The Morgan fingerprint density at radius 1 is 1.47 bits per heavy atom. The van der Waals surface area contributed by atoms with E-state index < -0.39 is 0 Å². The van der Waals surface area contributed by atoms with Crippen LogP contribution in [0.25, 0.3) is 0 Å². The first kappa shape index (κ1) is 10.3. The summed E-state index contributed by atoms with van der Waals surface area (Å²) in [5.74, 6) is 1.60. The minimum absolute atomic E-state index is 0.0901. The Kier molecular flexibility index (Phi) is 3.08. The van der Waals surface area contributed by atoms with Crippen molar-refractivity contribution in [1.82, 2.24) is 0 Å². The molecule has 4 heteroatoms. The lowest BCUT2D eigenvalue weighted by molar-refractivity contribution is -0.0170. The third kappa shape index (κ3) is 1.91. The molecule has 1 N–H and O–H groups in total. The fourth-order valence-corrected chi connectivity index (χ4v) is 1.77. The molecule has 0 saturated carbocycles. The Balaban J connectivity index is 2.44. The molecule has 0 aromatic heterocycles.